The molecule has 54 heavy (non-hydrogen) atoms. The molecular formula is C49H34N3OPt-. The molecule has 0 fully saturated rings. The average Bonchev–Trinajstić information content (AvgIpc) is 3.61. The number of fused-ring (bicyclic) bond motifs is 1. The molecule has 1 N–H and O–H groups in total. The van der Waals surface area contributed by atoms with Crippen molar-refractivity contribution in [2.24, 2.45) is 0 Å². The molecule has 3 aromatic heterocycles. The van der Waals surface area contributed by atoms with Crippen LogP contribution in [-0.2, 0) is 21.1 Å². The Balaban J connectivity index is 0.00000413. The maximum atomic E-state index is 10.9. The van der Waals surface area contributed by atoms with Crippen LogP contribution in [0.5, 0.6) is 5.75 Å². The van der Waals surface area contributed by atoms with E-state index in [0.717, 1.165) is 72.8 Å². The van der Waals surface area contributed by atoms with E-state index in [2.05, 4.69) is 157 Å². The van der Waals surface area contributed by atoms with E-state index in [-0.39, 0.29) is 26.8 Å². The van der Waals surface area contributed by atoms with Gasteiger partial charge in [0.15, 0.2) is 0 Å². The maximum absolute atomic E-state index is 10.9. The third-order valence-electron chi connectivity index (χ3n) is 9.68. The van der Waals surface area contributed by atoms with Crippen LogP contribution in [0.1, 0.15) is 5.56 Å². The first-order chi connectivity index (χ1) is 26.1. The number of hydrogen-bond acceptors (Lipinski definition) is 3. The number of aromatic nitrogens is 3. The minimum absolute atomic E-state index is 0. The number of phenolic OH excluding ortho intramolecular Hbond substituents is 1. The van der Waals surface area contributed by atoms with Gasteiger partial charge < -0.3 is 9.51 Å². The molecule has 9 aromatic rings. The molecule has 0 aliphatic rings. The molecule has 0 amide bonds. The van der Waals surface area contributed by atoms with Crippen molar-refractivity contribution in [1.29, 1.82) is 0 Å². The van der Waals surface area contributed by atoms with Crippen molar-refractivity contribution in [3.05, 3.63) is 194 Å². The van der Waals surface area contributed by atoms with Crippen LogP contribution < -0.4 is 0 Å². The summed E-state index contributed by atoms with van der Waals surface area (Å²) in [6, 6.07) is 63.6. The molecule has 0 unspecified atom stereocenters. The summed E-state index contributed by atoms with van der Waals surface area (Å²) >= 11 is 0. The summed E-state index contributed by atoms with van der Waals surface area (Å²) in [6.45, 7) is 2.10. The molecule has 262 valence electrons. The summed E-state index contributed by atoms with van der Waals surface area (Å²) in [4.78, 5) is 10.4. The minimum Gasteiger partial charge on any atom is -0.507 e. The fraction of sp³-hybridized carbons (Fsp3) is 0.0204. The van der Waals surface area contributed by atoms with E-state index in [4.69, 9.17) is 9.97 Å². The van der Waals surface area contributed by atoms with Gasteiger partial charge in [-0.3, -0.25) is 9.97 Å². The normalized spacial score (nSPS) is 11.0. The van der Waals surface area contributed by atoms with Crippen LogP contribution in [0.4, 0.5) is 0 Å². The zero-order valence-corrected chi connectivity index (χ0v) is 31.7. The molecular weight excluding hydrogens is 842 g/mol. The molecule has 0 saturated carbocycles. The summed E-state index contributed by atoms with van der Waals surface area (Å²) in [5.41, 5.74) is 15.3. The number of imidazole rings is 1. The molecule has 6 aromatic carbocycles. The van der Waals surface area contributed by atoms with E-state index in [1.54, 1.807) is 6.07 Å². The summed E-state index contributed by atoms with van der Waals surface area (Å²) in [7, 11) is 0. The Bertz CT molecular complexity index is 2700. The molecule has 9 rings (SSSR count). The number of pyridine rings is 2. The van der Waals surface area contributed by atoms with Crippen molar-refractivity contribution in [1.82, 2.24) is 14.4 Å². The zero-order chi connectivity index (χ0) is 35.7. The van der Waals surface area contributed by atoms with Crippen LogP contribution in [0.3, 0.4) is 0 Å². The first kappa shape index (κ1) is 34.7. The van der Waals surface area contributed by atoms with Crippen LogP contribution in [0.15, 0.2) is 182 Å². The molecule has 3 heterocycles. The van der Waals surface area contributed by atoms with Gasteiger partial charge in [0.1, 0.15) is 11.4 Å². The number of benzene rings is 6. The van der Waals surface area contributed by atoms with Gasteiger partial charge in [0, 0.05) is 55.5 Å². The monoisotopic (exact) mass is 875 g/mol. The number of aryl methyl sites for hydroxylation is 1. The first-order valence-electron chi connectivity index (χ1n) is 17.7. The van der Waals surface area contributed by atoms with E-state index in [9.17, 15) is 5.11 Å². The number of para-hydroxylation sites is 1. The van der Waals surface area contributed by atoms with Gasteiger partial charge in [0.25, 0.3) is 0 Å². The maximum Gasteiger partial charge on any atom is 0.129 e. The van der Waals surface area contributed by atoms with Crippen LogP contribution in [-0.4, -0.2) is 19.5 Å². The van der Waals surface area contributed by atoms with Crippen LogP contribution in [0, 0.1) is 13.0 Å². The molecule has 0 aliphatic heterocycles. The van der Waals surface area contributed by atoms with Gasteiger partial charge >= 0.3 is 0 Å². The number of nitrogens with zero attached hydrogens (tertiary/aromatic N) is 3. The molecule has 0 saturated heterocycles. The number of phenols is 1. The Hall–Kier alpha value is -6.35. The van der Waals surface area contributed by atoms with Gasteiger partial charge in [-0.1, -0.05) is 144 Å². The Morgan fingerprint density at radius 2 is 1.09 bits per heavy atom. The predicted molar refractivity (Wildman–Crippen MR) is 216 cm³/mol. The van der Waals surface area contributed by atoms with Gasteiger partial charge in [-0.05, 0) is 70.6 Å². The van der Waals surface area contributed by atoms with E-state index < -0.39 is 0 Å². The van der Waals surface area contributed by atoms with Crippen molar-refractivity contribution >= 4 is 5.65 Å². The van der Waals surface area contributed by atoms with Crippen molar-refractivity contribution < 1.29 is 26.2 Å². The summed E-state index contributed by atoms with van der Waals surface area (Å²) in [5.74, 6) is 0.186. The van der Waals surface area contributed by atoms with E-state index in [0.29, 0.717) is 11.3 Å². The molecule has 0 spiro atoms. The topological polar surface area (TPSA) is 50.4 Å². The number of aromatic hydroxyl groups is 1. The Kier molecular flexibility index (Phi) is 9.61. The van der Waals surface area contributed by atoms with Crippen molar-refractivity contribution in [2.75, 3.05) is 0 Å². The van der Waals surface area contributed by atoms with E-state index in [1.165, 1.54) is 5.56 Å². The van der Waals surface area contributed by atoms with Crippen LogP contribution in [0.2, 0.25) is 0 Å². The van der Waals surface area contributed by atoms with Crippen molar-refractivity contribution in [2.45, 2.75) is 6.92 Å². The third-order valence-corrected chi connectivity index (χ3v) is 9.68. The van der Waals surface area contributed by atoms with Crippen LogP contribution >= 0.6 is 0 Å². The van der Waals surface area contributed by atoms with Gasteiger partial charge in [-0.25, -0.2) is 0 Å². The van der Waals surface area contributed by atoms with Gasteiger partial charge in [-0.2, -0.15) is 0 Å². The molecule has 0 atom stereocenters. The van der Waals surface area contributed by atoms with Crippen LogP contribution in [0.25, 0.3) is 84.1 Å². The Morgan fingerprint density at radius 3 is 1.81 bits per heavy atom. The summed E-state index contributed by atoms with van der Waals surface area (Å²) in [5, 5.41) is 10.9. The quantitative estimate of drug-likeness (QED) is 0.162. The zero-order valence-electron chi connectivity index (χ0n) is 29.4. The SMILES string of the molecule is Cc1cccc(-c2cc(-c3[c-]c(-c4nc5ccccn5c4-c4c(-c5ccccc5)cccc4-c4ccccc4)ccc3)nc(-c3ccccc3O)c2)c1.[Pt]. The molecule has 0 aliphatic carbocycles. The van der Waals surface area contributed by atoms with Gasteiger partial charge in [0.2, 0.25) is 0 Å². The van der Waals surface area contributed by atoms with Crippen molar-refractivity contribution in [3.8, 4) is 84.2 Å². The average molecular weight is 876 g/mol. The van der Waals surface area contributed by atoms with Gasteiger partial charge in [-0.15, -0.1) is 24.3 Å². The molecule has 0 bridgehead atoms. The Morgan fingerprint density at radius 1 is 0.500 bits per heavy atom. The second kappa shape index (κ2) is 14.9. The Labute approximate surface area is 329 Å². The number of rotatable bonds is 7. The fourth-order valence-electron chi connectivity index (χ4n) is 7.19. The second-order valence-corrected chi connectivity index (χ2v) is 13.2. The predicted octanol–water partition coefficient (Wildman–Crippen LogP) is 12.2. The summed E-state index contributed by atoms with van der Waals surface area (Å²) in [6.07, 6.45) is 2.09. The minimum atomic E-state index is 0. The standard InChI is InChI=1S/C49H34N3O.Pt/c1-33-15-12-20-36(29-33)39-31-43(50-44(32-39)42-23-8-9-26-45(42)53)37-21-13-22-38(30-37)48-49(52-28-11-10-27-46(52)51-48)47-40(34-16-4-2-5-17-34)24-14-25-41(47)35-18-6-3-7-19-35;/h2-29,31-32,53H,1H3;/q-1;. The largest absolute Gasteiger partial charge is 0.507 e. The van der Waals surface area contributed by atoms with E-state index in [1.807, 2.05) is 36.4 Å². The molecule has 4 nitrogen and oxygen atoms in total. The third kappa shape index (κ3) is 6.57. The fourth-order valence-corrected chi connectivity index (χ4v) is 7.19. The smallest absolute Gasteiger partial charge is 0.129 e. The second-order valence-electron chi connectivity index (χ2n) is 13.2. The van der Waals surface area contributed by atoms with Crippen molar-refractivity contribution in [3.63, 3.8) is 0 Å². The molecule has 0 radical (unpaired) electrons. The summed E-state index contributed by atoms with van der Waals surface area (Å²) < 4.78 is 2.19. The number of hydrogen-bond donors (Lipinski definition) is 1. The van der Waals surface area contributed by atoms with Gasteiger partial charge in [0.05, 0.1) is 5.69 Å². The first-order valence-corrected chi connectivity index (χ1v) is 17.7. The van der Waals surface area contributed by atoms with E-state index >= 15 is 0 Å². The molecule has 5 heteroatoms.